The van der Waals surface area contributed by atoms with E-state index in [0.29, 0.717) is 12.8 Å². The van der Waals surface area contributed by atoms with Gasteiger partial charge in [-0.1, -0.05) is 45.9 Å². The number of esters is 1. The molecule has 5 heterocycles. The van der Waals surface area contributed by atoms with Crippen LogP contribution in [0, 0.1) is 23.7 Å². The Bertz CT molecular complexity index is 1690. The van der Waals surface area contributed by atoms with Crippen LogP contribution in [0.2, 0.25) is 0 Å². The summed E-state index contributed by atoms with van der Waals surface area (Å²) in [4.78, 5) is 14.3. The van der Waals surface area contributed by atoms with E-state index in [0.717, 1.165) is 0 Å². The minimum atomic E-state index is -4.14. The van der Waals surface area contributed by atoms with Gasteiger partial charge in [-0.3, -0.25) is 4.79 Å². The van der Waals surface area contributed by atoms with Gasteiger partial charge in [0.1, 0.15) is 23.9 Å². The fourth-order valence-electron chi connectivity index (χ4n) is 10.1. The third kappa shape index (κ3) is 7.95. The third-order valence-electron chi connectivity index (χ3n) is 13.5. The predicted molar refractivity (Wildman–Crippen MR) is 201 cm³/mol. The smallest absolute Gasteiger partial charge is 0.311 e. The van der Waals surface area contributed by atoms with Crippen LogP contribution in [0.1, 0.15) is 88.0 Å². The zero-order chi connectivity index (χ0) is 42.0. The SMILES string of the molecule is CC[C@@H]1OC(=O)[C@H](C)[C@H](O[C@H]2C[C@@](C)(OC)[C@@H](O)[C@H](C)O2)[C@H](C)[C@@H](O[C@@H]2O[C@H](O)C[C@H](NS(=O)(=O)c3ccccc3)[C@H]2O)[C@@]2(C)C[C@@H](C)C3(O[C@]1(C)[C@H](O)[C@@H]3C)O2. The third-order valence-corrected chi connectivity index (χ3v) is 15.0. The number of rotatable bonds is 9. The van der Waals surface area contributed by atoms with Gasteiger partial charge in [0.15, 0.2) is 24.7 Å². The molecule has 5 saturated heterocycles. The molecule has 1 aromatic rings. The molecule has 5 N–H and O–H groups in total. The monoisotopic (exact) mass is 829 g/mol. The summed E-state index contributed by atoms with van der Waals surface area (Å²) in [6.45, 7) is 16.1. The summed E-state index contributed by atoms with van der Waals surface area (Å²) in [5.74, 6) is -4.76. The summed E-state index contributed by atoms with van der Waals surface area (Å²) in [5.41, 5.74) is -3.70. The number of cyclic esters (lactones) is 1. The molecule has 1 unspecified atom stereocenters. The van der Waals surface area contributed by atoms with Crippen LogP contribution in [0.25, 0.3) is 0 Å². The molecule has 19 atom stereocenters. The van der Waals surface area contributed by atoms with Crippen molar-refractivity contribution in [3.8, 4) is 0 Å². The highest BCUT2D eigenvalue weighted by Gasteiger charge is 2.71. The molecule has 0 amide bonds. The second-order valence-corrected chi connectivity index (χ2v) is 19.3. The predicted octanol–water partition coefficient (Wildman–Crippen LogP) is 2.34. The maximum absolute atomic E-state index is 14.3. The summed E-state index contributed by atoms with van der Waals surface area (Å²) in [6.07, 6.45) is -11.1. The number of hydrogen-bond acceptors (Lipinski definition) is 15. The van der Waals surface area contributed by atoms with E-state index in [-0.39, 0.29) is 23.7 Å². The first-order chi connectivity index (χ1) is 26.6. The Morgan fingerprint density at radius 3 is 2.21 bits per heavy atom. The van der Waals surface area contributed by atoms with Gasteiger partial charge in [0.25, 0.3) is 0 Å². The molecule has 57 heavy (non-hydrogen) atoms. The fourth-order valence-corrected chi connectivity index (χ4v) is 11.4. The van der Waals surface area contributed by atoms with E-state index in [4.69, 9.17) is 37.9 Å². The second-order valence-electron chi connectivity index (χ2n) is 17.6. The minimum absolute atomic E-state index is 0.0304. The van der Waals surface area contributed by atoms with Gasteiger partial charge in [-0.05, 0) is 59.6 Å². The van der Waals surface area contributed by atoms with Crippen molar-refractivity contribution in [2.45, 2.75) is 183 Å². The number of fused-ring (bicyclic) bond motifs is 2. The van der Waals surface area contributed by atoms with E-state index in [1.807, 2.05) is 27.7 Å². The Morgan fingerprint density at radius 2 is 1.58 bits per heavy atom. The molecule has 5 aliphatic heterocycles. The van der Waals surface area contributed by atoms with E-state index < -0.39 is 124 Å². The number of carbonyl (C=O) groups is 1. The highest BCUT2D eigenvalue weighted by Crippen LogP contribution is 2.59. The lowest BCUT2D eigenvalue weighted by Crippen LogP contribution is -2.61. The van der Waals surface area contributed by atoms with E-state index in [9.17, 15) is 33.6 Å². The molecule has 3 bridgehead atoms. The van der Waals surface area contributed by atoms with Gasteiger partial charge in [0.2, 0.25) is 10.0 Å². The van der Waals surface area contributed by atoms with Crippen LogP contribution >= 0.6 is 0 Å². The number of sulfonamides is 1. The van der Waals surface area contributed by atoms with E-state index >= 15 is 0 Å². The number of aliphatic hydroxyl groups is 4. The lowest BCUT2D eigenvalue weighted by atomic mass is 9.77. The van der Waals surface area contributed by atoms with Crippen LogP contribution in [-0.4, -0.2) is 132 Å². The Hall–Kier alpha value is -1.84. The zero-order valence-electron chi connectivity index (χ0n) is 34.6. The molecule has 5 fully saturated rings. The average Bonchev–Trinajstić information content (AvgIpc) is 3.53. The van der Waals surface area contributed by atoms with Crippen LogP contribution in [0.15, 0.2) is 35.2 Å². The Balaban J connectivity index is 1.42. The summed E-state index contributed by atoms with van der Waals surface area (Å²) < 4.78 is 80.6. The van der Waals surface area contributed by atoms with Crippen molar-refractivity contribution in [2.75, 3.05) is 7.11 Å². The van der Waals surface area contributed by atoms with E-state index in [1.165, 1.54) is 19.2 Å². The van der Waals surface area contributed by atoms with Crippen LogP contribution < -0.4 is 4.72 Å². The molecular weight excluding hydrogens is 766 g/mol. The largest absolute Gasteiger partial charge is 0.459 e. The molecule has 0 saturated carbocycles. The summed E-state index contributed by atoms with van der Waals surface area (Å²) in [6, 6.07) is 6.41. The average molecular weight is 830 g/mol. The minimum Gasteiger partial charge on any atom is -0.459 e. The normalized spacial score (nSPS) is 49.5. The Labute approximate surface area is 335 Å². The van der Waals surface area contributed by atoms with Crippen molar-refractivity contribution in [3.63, 3.8) is 0 Å². The second kappa shape index (κ2) is 16.2. The molecule has 16 nitrogen and oxygen atoms in total. The molecule has 1 aromatic carbocycles. The first-order valence-corrected chi connectivity index (χ1v) is 21.6. The first kappa shape index (κ1) is 44.7. The van der Waals surface area contributed by atoms with Gasteiger partial charge in [-0.2, -0.15) is 0 Å². The highest BCUT2D eigenvalue weighted by atomic mass is 32.2. The first-order valence-electron chi connectivity index (χ1n) is 20.1. The van der Waals surface area contributed by atoms with Gasteiger partial charge in [0.05, 0.1) is 52.5 Å². The summed E-state index contributed by atoms with van der Waals surface area (Å²) in [5, 5.41) is 45.5. The van der Waals surface area contributed by atoms with Crippen LogP contribution in [0.4, 0.5) is 0 Å². The Morgan fingerprint density at radius 1 is 0.912 bits per heavy atom. The zero-order valence-corrected chi connectivity index (χ0v) is 35.4. The fraction of sp³-hybridized carbons (Fsp3) is 0.825. The maximum Gasteiger partial charge on any atom is 0.311 e. The number of methoxy groups -OCH3 is 1. The van der Waals surface area contributed by atoms with E-state index in [1.54, 1.807) is 52.8 Å². The number of aliphatic hydroxyl groups excluding tert-OH is 4. The number of nitrogens with one attached hydrogen (secondary N) is 1. The molecule has 5 aliphatic rings. The number of hydrogen-bond donors (Lipinski definition) is 5. The molecule has 1 spiro atoms. The lowest BCUT2D eigenvalue weighted by molar-refractivity contribution is -0.353. The Kier molecular flexibility index (Phi) is 12.7. The van der Waals surface area contributed by atoms with Crippen molar-refractivity contribution in [1.82, 2.24) is 4.72 Å². The summed E-state index contributed by atoms with van der Waals surface area (Å²) >= 11 is 0. The number of carbonyl (C=O) groups excluding carboxylic acids is 1. The number of ether oxygens (including phenoxy) is 8. The van der Waals surface area contributed by atoms with Crippen LogP contribution in [-0.2, 0) is 52.7 Å². The molecular formula is C40H63NO15S. The quantitative estimate of drug-likeness (QED) is 0.226. The van der Waals surface area contributed by atoms with Gasteiger partial charge >= 0.3 is 5.97 Å². The molecule has 0 aromatic heterocycles. The molecule has 324 valence electrons. The molecule has 0 aliphatic carbocycles. The lowest BCUT2D eigenvalue weighted by Gasteiger charge is -2.49. The van der Waals surface area contributed by atoms with Crippen molar-refractivity contribution in [1.29, 1.82) is 0 Å². The van der Waals surface area contributed by atoms with Crippen LogP contribution in [0.3, 0.4) is 0 Å². The number of benzene rings is 1. The van der Waals surface area contributed by atoms with Gasteiger partial charge in [-0.15, -0.1) is 0 Å². The van der Waals surface area contributed by atoms with Gasteiger partial charge in [-0.25, -0.2) is 13.1 Å². The topological polar surface area (TPSA) is 218 Å². The van der Waals surface area contributed by atoms with Gasteiger partial charge in [0, 0.05) is 37.7 Å². The van der Waals surface area contributed by atoms with Gasteiger partial charge < -0.3 is 58.3 Å². The van der Waals surface area contributed by atoms with E-state index in [2.05, 4.69) is 4.72 Å². The highest BCUT2D eigenvalue weighted by molar-refractivity contribution is 7.89. The molecule has 17 heteroatoms. The molecule has 6 rings (SSSR count). The van der Waals surface area contributed by atoms with Crippen molar-refractivity contribution < 1.29 is 71.5 Å². The maximum atomic E-state index is 14.3. The standard InChI is InChI=1S/C40H63NO15S/c1-11-27-39(9)32(44)23(5)40(56-39)20(2)18-38(8,55-40)34(54-36-30(43)26(17-28(42)52-36)41-57(47,48)25-15-13-12-14-16-25)21(3)31(22(4)35(46)51-27)53-29-19-37(7,49-10)33(45)24(6)50-29/h12-16,20-24,26-34,36,41-45H,11,17-19H2,1-10H3/t20-,21+,22-,23+,24+,26+,27+,28+,29+,30-,31-,32-,33+,34-,36+,37-,38-,39+,40?/m1/s1. The van der Waals surface area contributed by atoms with Crippen LogP contribution in [0.5, 0.6) is 0 Å². The van der Waals surface area contributed by atoms with Crippen molar-refractivity contribution >= 4 is 16.0 Å². The van der Waals surface area contributed by atoms with Crippen molar-refractivity contribution in [2.24, 2.45) is 23.7 Å². The summed E-state index contributed by atoms with van der Waals surface area (Å²) in [7, 11) is -2.65. The van der Waals surface area contributed by atoms with Crippen molar-refractivity contribution in [3.05, 3.63) is 30.3 Å². The molecule has 0 radical (unpaired) electrons.